The Morgan fingerprint density at radius 2 is 2.03 bits per heavy atom. The maximum Gasteiger partial charge on any atom is 0.433 e. The minimum atomic E-state index is -4.44. The number of aryl methyl sites for hydroxylation is 1. The molecule has 2 aliphatic carbocycles. The van der Waals surface area contributed by atoms with Crippen molar-refractivity contribution in [3.63, 3.8) is 0 Å². The van der Waals surface area contributed by atoms with Crippen LogP contribution >= 0.6 is 0 Å². The zero-order chi connectivity index (χ0) is 25.6. The zero-order valence-corrected chi connectivity index (χ0v) is 20.4. The average Bonchev–Trinajstić information content (AvgIpc) is 3.19. The van der Waals surface area contributed by atoms with E-state index >= 15 is 0 Å². The molecule has 1 saturated carbocycles. The highest BCUT2D eigenvalue weighted by Crippen LogP contribution is 2.39. The molecule has 0 amide bonds. The molecule has 3 nitrogen and oxygen atoms in total. The predicted octanol–water partition coefficient (Wildman–Crippen LogP) is 7.74. The summed E-state index contributed by atoms with van der Waals surface area (Å²) in [5, 5.41) is 0. The fraction of sp³-hybridized carbons (Fsp3) is 0.556. The van der Waals surface area contributed by atoms with E-state index in [-0.39, 0.29) is 30.8 Å². The molecule has 0 aromatic carbocycles. The number of allylic oxidation sites excluding steroid dienone is 2. The van der Waals surface area contributed by atoms with E-state index in [1.807, 2.05) is 25.3 Å². The van der Waals surface area contributed by atoms with Crippen molar-refractivity contribution in [1.29, 1.82) is 0 Å². The Morgan fingerprint density at radius 1 is 1.26 bits per heavy atom. The number of methoxy groups -OCH3 is 1. The van der Waals surface area contributed by atoms with Crippen LogP contribution in [0.25, 0.3) is 0 Å². The molecule has 0 bridgehead atoms. The summed E-state index contributed by atoms with van der Waals surface area (Å²) in [5.74, 6) is -2.80. The first-order valence-corrected chi connectivity index (χ1v) is 12.1. The summed E-state index contributed by atoms with van der Waals surface area (Å²) in [6, 6.07) is 2.47. The van der Waals surface area contributed by atoms with Crippen molar-refractivity contribution in [3.05, 3.63) is 65.2 Å². The van der Waals surface area contributed by atoms with Gasteiger partial charge < -0.3 is 4.74 Å². The van der Waals surface area contributed by atoms with E-state index in [9.17, 15) is 22.0 Å². The SMILES string of the molecule is CCC/C(=C\N=C(/C)C1CCC(F)(F)C1)C1C=CC(CCc2ccc(C(F)(F)F)nc2)=CC1OC. The standard InChI is InChI=1S/C27H33F5N2O/c1-4-5-22(17-33-18(2)21-12-13-26(28,29)15-21)23-10-8-19(14-24(23)35-3)6-7-20-9-11-25(34-16-20)27(30,31)32/h8-11,14,16-17,21,23-24H,4-7,12-13,15H2,1-3H3/b22-17+,33-18+. The third-order valence-electron chi connectivity index (χ3n) is 6.73. The molecule has 192 valence electrons. The summed E-state index contributed by atoms with van der Waals surface area (Å²) >= 11 is 0. The molecule has 3 unspecified atom stereocenters. The van der Waals surface area contributed by atoms with Gasteiger partial charge in [-0.25, -0.2) is 8.78 Å². The first-order chi connectivity index (χ1) is 16.5. The van der Waals surface area contributed by atoms with Gasteiger partial charge in [-0.1, -0.05) is 37.6 Å². The molecule has 2 aliphatic rings. The van der Waals surface area contributed by atoms with Crippen LogP contribution in [0.1, 0.15) is 63.6 Å². The quantitative estimate of drug-likeness (QED) is 0.259. The fourth-order valence-electron chi connectivity index (χ4n) is 4.65. The monoisotopic (exact) mass is 496 g/mol. The van der Waals surface area contributed by atoms with Gasteiger partial charge in [0.05, 0.1) is 6.10 Å². The molecule has 1 aromatic rings. The molecule has 0 saturated heterocycles. The molecule has 0 aliphatic heterocycles. The molecule has 0 N–H and O–H groups in total. The summed E-state index contributed by atoms with van der Waals surface area (Å²) in [5.41, 5.74) is 2.71. The predicted molar refractivity (Wildman–Crippen MR) is 127 cm³/mol. The number of nitrogens with zero attached hydrogens (tertiary/aromatic N) is 2. The van der Waals surface area contributed by atoms with E-state index in [0.29, 0.717) is 19.3 Å². The molecule has 0 spiro atoms. The molecular weight excluding hydrogens is 463 g/mol. The minimum Gasteiger partial charge on any atom is -0.376 e. The largest absolute Gasteiger partial charge is 0.433 e. The lowest BCUT2D eigenvalue weighted by Gasteiger charge is -2.27. The molecule has 3 atom stereocenters. The normalized spacial score (nSPS) is 25.1. The fourth-order valence-corrected chi connectivity index (χ4v) is 4.65. The zero-order valence-electron chi connectivity index (χ0n) is 20.4. The second kappa shape index (κ2) is 11.6. The summed E-state index contributed by atoms with van der Waals surface area (Å²) in [4.78, 5) is 8.10. The van der Waals surface area contributed by atoms with Gasteiger partial charge in [0, 0.05) is 49.9 Å². The van der Waals surface area contributed by atoms with Gasteiger partial charge in [0.2, 0.25) is 5.92 Å². The number of rotatable bonds is 9. The van der Waals surface area contributed by atoms with Crippen LogP contribution in [0.3, 0.4) is 0 Å². The number of alkyl halides is 5. The summed E-state index contributed by atoms with van der Waals surface area (Å²) in [7, 11) is 1.64. The third kappa shape index (κ3) is 7.56. The lowest BCUT2D eigenvalue weighted by Crippen LogP contribution is -2.24. The summed E-state index contributed by atoms with van der Waals surface area (Å²) in [6.45, 7) is 3.90. The molecule has 8 heteroatoms. The van der Waals surface area contributed by atoms with Crippen molar-refractivity contribution in [3.8, 4) is 0 Å². The number of aliphatic imine (C=N–C) groups is 1. The van der Waals surface area contributed by atoms with E-state index in [2.05, 4.69) is 23.0 Å². The first kappa shape index (κ1) is 27.2. The summed E-state index contributed by atoms with van der Waals surface area (Å²) in [6.07, 6.45) is 7.78. The van der Waals surface area contributed by atoms with Crippen molar-refractivity contribution < 1.29 is 26.7 Å². The van der Waals surface area contributed by atoms with Crippen molar-refractivity contribution in [2.24, 2.45) is 16.8 Å². The highest BCUT2D eigenvalue weighted by Gasteiger charge is 2.40. The van der Waals surface area contributed by atoms with Gasteiger partial charge in [0.1, 0.15) is 5.69 Å². The van der Waals surface area contributed by atoms with Gasteiger partial charge >= 0.3 is 6.18 Å². The average molecular weight is 497 g/mol. The van der Waals surface area contributed by atoms with Crippen LogP contribution in [0.15, 0.2) is 58.9 Å². The number of aromatic nitrogens is 1. The second-order valence-corrected chi connectivity index (χ2v) is 9.40. The lowest BCUT2D eigenvalue weighted by atomic mass is 9.84. The number of ether oxygens (including phenoxy) is 1. The van der Waals surface area contributed by atoms with Crippen LogP contribution in [-0.4, -0.2) is 29.8 Å². The highest BCUT2D eigenvalue weighted by molar-refractivity contribution is 5.85. The lowest BCUT2D eigenvalue weighted by molar-refractivity contribution is -0.141. The first-order valence-electron chi connectivity index (χ1n) is 12.1. The van der Waals surface area contributed by atoms with Crippen LogP contribution < -0.4 is 0 Å². The Kier molecular flexibility index (Phi) is 9.02. The molecule has 0 radical (unpaired) electrons. The Balaban J connectivity index is 1.67. The van der Waals surface area contributed by atoms with Crippen LogP contribution in [0.2, 0.25) is 0 Å². The molecule has 1 heterocycles. The minimum absolute atomic E-state index is 0.0157. The van der Waals surface area contributed by atoms with Gasteiger partial charge in [0.25, 0.3) is 0 Å². The van der Waals surface area contributed by atoms with Crippen LogP contribution in [-0.2, 0) is 17.3 Å². The maximum absolute atomic E-state index is 13.6. The Labute approximate surface area is 203 Å². The van der Waals surface area contributed by atoms with E-state index < -0.39 is 17.8 Å². The topological polar surface area (TPSA) is 34.5 Å². The molecule has 1 fully saturated rings. The second-order valence-electron chi connectivity index (χ2n) is 9.40. The highest BCUT2D eigenvalue weighted by atomic mass is 19.4. The van der Waals surface area contributed by atoms with Gasteiger partial charge in [-0.3, -0.25) is 9.98 Å². The Bertz CT molecular complexity index is 976. The van der Waals surface area contributed by atoms with Gasteiger partial charge in [-0.15, -0.1) is 0 Å². The molecule has 35 heavy (non-hydrogen) atoms. The molecule has 1 aromatic heterocycles. The Morgan fingerprint density at radius 3 is 2.60 bits per heavy atom. The third-order valence-corrected chi connectivity index (χ3v) is 6.73. The van der Waals surface area contributed by atoms with E-state index in [4.69, 9.17) is 4.74 Å². The van der Waals surface area contributed by atoms with E-state index in [0.717, 1.165) is 41.3 Å². The number of hydrogen-bond donors (Lipinski definition) is 0. The number of pyridine rings is 1. The van der Waals surface area contributed by atoms with Crippen molar-refractivity contribution in [1.82, 2.24) is 4.98 Å². The van der Waals surface area contributed by atoms with E-state index in [1.54, 1.807) is 7.11 Å². The van der Waals surface area contributed by atoms with E-state index in [1.165, 1.54) is 12.3 Å². The van der Waals surface area contributed by atoms with Crippen molar-refractivity contribution in [2.45, 2.75) is 77.0 Å². The van der Waals surface area contributed by atoms with Gasteiger partial charge in [-0.2, -0.15) is 13.2 Å². The number of halogens is 5. The van der Waals surface area contributed by atoms with Crippen molar-refractivity contribution in [2.75, 3.05) is 7.11 Å². The molecular formula is C27H33F5N2O. The van der Waals surface area contributed by atoms with Gasteiger partial charge in [-0.05, 0) is 55.4 Å². The van der Waals surface area contributed by atoms with Crippen molar-refractivity contribution >= 4 is 5.71 Å². The molecule has 3 rings (SSSR count). The van der Waals surface area contributed by atoms with Crippen LogP contribution in [0.4, 0.5) is 22.0 Å². The summed E-state index contributed by atoms with van der Waals surface area (Å²) < 4.78 is 71.0. The van der Waals surface area contributed by atoms with Crippen LogP contribution in [0, 0.1) is 11.8 Å². The maximum atomic E-state index is 13.6. The Hall–Kier alpha value is -2.35. The number of hydrogen-bond acceptors (Lipinski definition) is 3. The smallest absolute Gasteiger partial charge is 0.376 e. The van der Waals surface area contributed by atoms with Crippen LogP contribution in [0.5, 0.6) is 0 Å². The van der Waals surface area contributed by atoms with Gasteiger partial charge in [0.15, 0.2) is 0 Å².